The molecule has 0 spiro atoms. The predicted molar refractivity (Wildman–Crippen MR) is 68.4 cm³/mol. The van der Waals surface area contributed by atoms with E-state index in [-0.39, 0.29) is 11.9 Å². The van der Waals surface area contributed by atoms with Crippen molar-refractivity contribution in [3.8, 4) is 0 Å². The van der Waals surface area contributed by atoms with Gasteiger partial charge in [-0.15, -0.1) is 0 Å². The lowest BCUT2D eigenvalue weighted by atomic mass is 9.88. The van der Waals surface area contributed by atoms with E-state index in [9.17, 15) is 4.79 Å². The largest absolute Gasteiger partial charge is 0.466 e. The van der Waals surface area contributed by atoms with Crippen LogP contribution in [0.5, 0.6) is 0 Å². The number of anilines is 1. The first-order chi connectivity index (χ1) is 8.15. The van der Waals surface area contributed by atoms with Gasteiger partial charge in [0.1, 0.15) is 0 Å². The van der Waals surface area contributed by atoms with Crippen LogP contribution in [0.15, 0.2) is 18.2 Å². The SMILES string of the molecule is CCOC(=O)C1CCN(C)c2c(C)cccc21. The Kier molecular flexibility index (Phi) is 3.36. The van der Waals surface area contributed by atoms with Crippen LogP contribution in [0.3, 0.4) is 0 Å². The molecule has 3 heteroatoms. The molecule has 0 fully saturated rings. The molecule has 1 aromatic carbocycles. The summed E-state index contributed by atoms with van der Waals surface area (Å²) < 4.78 is 5.16. The lowest BCUT2D eigenvalue weighted by Crippen LogP contribution is -2.31. The molecule has 3 nitrogen and oxygen atoms in total. The van der Waals surface area contributed by atoms with Gasteiger partial charge in [0.25, 0.3) is 0 Å². The Hall–Kier alpha value is -1.51. The van der Waals surface area contributed by atoms with Gasteiger partial charge in [0, 0.05) is 19.3 Å². The number of benzene rings is 1. The van der Waals surface area contributed by atoms with Crippen LogP contribution in [0.2, 0.25) is 0 Å². The summed E-state index contributed by atoms with van der Waals surface area (Å²) in [5.74, 6) is -0.187. The van der Waals surface area contributed by atoms with E-state index in [1.54, 1.807) is 0 Å². The van der Waals surface area contributed by atoms with Crippen molar-refractivity contribution < 1.29 is 9.53 Å². The quantitative estimate of drug-likeness (QED) is 0.735. The summed E-state index contributed by atoms with van der Waals surface area (Å²) in [5.41, 5.74) is 3.52. The Labute approximate surface area is 102 Å². The maximum Gasteiger partial charge on any atom is 0.313 e. The maximum atomic E-state index is 11.9. The molecule has 1 aromatic rings. The fraction of sp³-hybridized carbons (Fsp3) is 0.500. The molecule has 0 amide bonds. The summed E-state index contributed by atoms with van der Waals surface area (Å²) >= 11 is 0. The molecule has 0 radical (unpaired) electrons. The van der Waals surface area contributed by atoms with Gasteiger partial charge < -0.3 is 9.64 Å². The Bertz CT molecular complexity index is 428. The molecule has 1 aliphatic rings. The zero-order chi connectivity index (χ0) is 12.4. The highest BCUT2D eigenvalue weighted by atomic mass is 16.5. The van der Waals surface area contributed by atoms with Crippen LogP contribution in [-0.4, -0.2) is 26.2 Å². The van der Waals surface area contributed by atoms with Crippen LogP contribution >= 0.6 is 0 Å². The highest BCUT2D eigenvalue weighted by Gasteiger charge is 2.30. The van der Waals surface area contributed by atoms with Gasteiger partial charge in [0.15, 0.2) is 0 Å². The summed E-state index contributed by atoms with van der Waals surface area (Å²) in [7, 11) is 2.08. The zero-order valence-corrected chi connectivity index (χ0v) is 10.7. The van der Waals surface area contributed by atoms with E-state index in [2.05, 4.69) is 24.9 Å². The van der Waals surface area contributed by atoms with E-state index in [1.807, 2.05) is 19.1 Å². The molecule has 2 rings (SSSR count). The van der Waals surface area contributed by atoms with E-state index in [0.29, 0.717) is 6.61 Å². The third kappa shape index (κ3) is 2.14. The number of aryl methyl sites for hydroxylation is 1. The van der Waals surface area contributed by atoms with Crippen molar-refractivity contribution in [2.45, 2.75) is 26.2 Å². The molecule has 1 unspecified atom stereocenters. The maximum absolute atomic E-state index is 11.9. The Morgan fingerprint density at radius 3 is 3.00 bits per heavy atom. The van der Waals surface area contributed by atoms with Crippen LogP contribution in [0, 0.1) is 6.92 Å². The molecule has 17 heavy (non-hydrogen) atoms. The third-order valence-electron chi connectivity index (χ3n) is 3.35. The Balaban J connectivity index is 2.39. The fourth-order valence-corrected chi connectivity index (χ4v) is 2.56. The minimum atomic E-state index is -0.0963. The number of carbonyl (C=O) groups excluding carboxylic acids is 1. The Morgan fingerprint density at radius 2 is 2.29 bits per heavy atom. The van der Waals surface area contributed by atoms with Crippen LogP contribution in [-0.2, 0) is 9.53 Å². The number of para-hydroxylation sites is 1. The number of ether oxygens (including phenoxy) is 1. The molecule has 0 saturated heterocycles. The van der Waals surface area contributed by atoms with Crippen LogP contribution in [0.4, 0.5) is 5.69 Å². The second kappa shape index (κ2) is 4.78. The van der Waals surface area contributed by atoms with Gasteiger partial charge >= 0.3 is 5.97 Å². The molecule has 1 aliphatic heterocycles. The van der Waals surface area contributed by atoms with E-state index in [4.69, 9.17) is 4.74 Å². The topological polar surface area (TPSA) is 29.5 Å². The summed E-state index contributed by atoms with van der Waals surface area (Å²) in [5, 5.41) is 0. The number of nitrogens with zero attached hydrogens (tertiary/aromatic N) is 1. The number of hydrogen-bond acceptors (Lipinski definition) is 3. The molecular formula is C14H19NO2. The molecule has 0 saturated carbocycles. The highest BCUT2D eigenvalue weighted by Crippen LogP contribution is 2.37. The zero-order valence-electron chi connectivity index (χ0n) is 10.7. The molecule has 0 aromatic heterocycles. The van der Waals surface area contributed by atoms with Gasteiger partial charge in [-0.1, -0.05) is 18.2 Å². The van der Waals surface area contributed by atoms with E-state index >= 15 is 0 Å². The lowest BCUT2D eigenvalue weighted by Gasteiger charge is -2.33. The summed E-state index contributed by atoms with van der Waals surface area (Å²) in [6, 6.07) is 6.14. The number of carbonyl (C=O) groups is 1. The second-order valence-electron chi connectivity index (χ2n) is 4.53. The van der Waals surface area contributed by atoms with Gasteiger partial charge in [-0.25, -0.2) is 0 Å². The Morgan fingerprint density at radius 1 is 1.53 bits per heavy atom. The molecule has 92 valence electrons. The van der Waals surface area contributed by atoms with E-state index < -0.39 is 0 Å². The first-order valence-corrected chi connectivity index (χ1v) is 6.12. The fourth-order valence-electron chi connectivity index (χ4n) is 2.56. The van der Waals surface area contributed by atoms with Crippen molar-refractivity contribution in [1.29, 1.82) is 0 Å². The average molecular weight is 233 g/mol. The number of hydrogen-bond donors (Lipinski definition) is 0. The van der Waals surface area contributed by atoms with Gasteiger partial charge in [-0.3, -0.25) is 4.79 Å². The van der Waals surface area contributed by atoms with Crippen molar-refractivity contribution in [3.63, 3.8) is 0 Å². The normalized spacial score (nSPS) is 18.8. The monoisotopic (exact) mass is 233 g/mol. The summed E-state index contributed by atoms with van der Waals surface area (Å²) in [4.78, 5) is 14.2. The molecule has 1 atom stereocenters. The second-order valence-corrected chi connectivity index (χ2v) is 4.53. The highest BCUT2D eigenvalue weighted by molar-refractivity contribution is 5.82. The van der Waals surface area contributed by atoms with Gasteiger partial charge in [0.2, 0.25) is 0 Å². The minimum absolute atomic E-state index is 0.0903. The molecular weight excluding hydrogens is 214 g/mol. The van der Waals surface area contributed by atoms with E-state index in [1.165, 1.54) is 11.3 Å². The van der Waals surface area contributed by atoms with E-state index in [0.717, 1.165) is 18.5 Å². The number of fused-ring (bicyclic) bond motifs is 1. The number of rotatable bonds is 2. The molecule has 0 bridgehead atoms. The standard InChI is InChI=1S/C14H19NO2/c1-4-17-14(16)12-8-9-15(3)13-10(2)6-5-7-11(12)13/h5-7,12H,4,8-9H2,1-3H3. The van der Waals surface area contributed by atoms with Crippen LogP contribution in [0.25, 0.3) is 0 Å². The van der Waals surface area contributed by atoms with Crippen molar-refractivity contribution in [2.24, 2.45) is 0 Å². The lowest BCUT2D eigenvalue weighted by molar-refractivity contribution is -0.145. The smallest absolute Gasteiger partial charge is 0.313 e. The van der Waals surface area contributed by atoms with Crippen molar-refractivity contribution in [3.05, 3.63) is 29.3 Å². The first kappa shape index (κ1) is 12.0. The predicted octanol–water partition coefficient (Wildman–Crippen LogP) is 2.48. The van der Waals surface area contributed by atoms with Gasteiger partial charge in [0.05, 0.1) is 12.5 Å². The minimum Gasteiger partial charge on any atom is -0.466 e. The molecule has 0 N–H and O–H groups in total. The van der Waals surface area contributed by atoms with Gasteiger partial charge in [-0.05, 0) is 31.4 Å². The third-order valence-corrected chi connectivity index (χ3v) is 3.35. The van der Waals surface area contributed by atoms with Crippen molar-refractivity contribution in [2.75, 3.05) is 25.1 Å². The van der Waals surface area contributed by atoms with Crippen LogP contribution in [0.1, 0.15) is 30.4 Å². The summed E-state index contributed by atoms with van der Waals surface area (Å²) in [6.45, 7) is 5.29. The first-order valence-electron chi connectivity index (χ1n) is 6.12. The molecule has 1 heterocycles. The molecule has 0 aliphatic carbocycles. The average Bonchev–Trinajstić information content (AvgIpc) is 2.29. The van der Waals surface area contributed by atoms with Crippen molar-refractivity contribution >= 4 is 11.7 Å². The van der Waals surface area contributed by atoms with Gasteiger partial charge in [-0.2, -0.15) is 0 Å². The number of esters is 1. The van der Waals surface area contributed by atoms with Crippen molar-refractivity contribution in [1.82, 2.24) is 0 Å². The van der Waals surface area contributed by atoms with Crippen LogP contribution < -0.4 is 4.90 Å². The summed E-state index contributed by atoms with van der Waals surface area (Å²) in [6.07, 6.45) is 0.839.